The maximum Gasteiger partial charge on any atom is 0.340 e. The number of aromatic carboxylic acids is 1. The fraction of sp³-hybridized carbons (Fsp3) is 0.294. The molecule has 1 aliphatic carbocycles. The highest BCUT2D eigenvalue weighted by atomic mass is 16.6. The Labute approximate surface area is 252 Å². The number of carbonyl (C=O) groups excluding carboxylic acids is 2. The molecule has 228 valence electrons. The normalized spacial score (nSPS) is 16.8. The molecule has 5 N–H and O–H groups in total. The van der Waals surface area contributed by atoms with E-state index in [4.69, 9.17) is 20.7 Å². The summed E-state index contributed by atoms with van der Waals surface area (Å²) in [5.74, 6) is -2.43. The highest BCUT2D eigenvalue weighted by Gasteiger charge is 2.46. The summed E-state index contributed by atoms with van der Waals surface area (Å²) in [4.78, 5) is 44.3. The number of anilines is 2. The minimum atomic E-state index is -0.931. The predicted octanol–water partition coefficient (Wildman–Crippen LogP) is 6.91. The Balaban J connectivity index is 0.000000255. The Hall–Kier alpha value is -4.92. The largest absolute Gasteiger partial charge is 0.478 e. The van der Waals surface area contributed by atoms with Crippen molar-refractivity contribution in [3.63, 3.8) is 0 Å². The number of ether oxygens (including phenoxy) is 1. The Morgan fingerprint density at radius 1 is 0.837 bits per heavy atom. The third kappa shape index (κ3) is 11.1. The second kappa shape index (κ2) is 15.9. The molecular formula is C34H40N2O7. The van der Waals surface area contributed by atoms with Gasteiger partial charge in [0.15, 0.2) is 0 Å². The average Bonchev–Trinajstić information content (AvgIpc) is 2.95. The Morgan fingerprint density at radius 2 is 1.42 bits per heavy atom. The molecule has 4 rings (SSSR count). The molecule has 1 unspecified atom stereocenters. The summed E-state index contributed by atoms with van der Waals surface area (Å²) in [6, 6.07) is 22.3. The molecule has 0 aromatic heterocycles. The summed E-state index contributed by atoms with van der Waals surface area (Å²) in [5.41, 5.74) is 7.43. The van der Waals surface area contributed by atoms with Crippen LogP contribution in [0.4, 0.5) is 11.4 Å². The number of aliphatic carboxylic acids is 1. The number of nitrogen functional groups attached to an aromatic ring is 1. The van der Waals surface area contributed by atoms with Gasteiger partial charge in [-0.25, -0.2) is 14.4 Å². The quantitative estimate of drug-likeness (QED) is 0.137. The molecule has 43 heavy (non-hydrogen) atoms. The van der Waals surface area contributed by atoms with E-state index in [1.54, 1.807) is 42.5 Å². The number of hydrogen-bond donors (Lipinski definition) is 4. The van der Waals surface area contributed by atoms with Gasteiger partial charge in [0.25, 0.3) is 0 Å². The summed E-state index contributed by atoms with van der Waals surface area (Å²) in [6.07, 6.45) is 6.83. The van der Waals surface area contributed by atoms with Crippen molar-refractivity contribution in [3.05, 3.63) is 102 Å². The van der Waals surface area contributed by atoms with E-state index < -0.39 is 17.5 Å². The molecule has 1 atom stereocenters. The van der Waals surface area contributed by atoms with E-state index in [-0.39, 0.29) is 22.9 Å². The van der Waals surface area contributed by atoms with Gasteiger partial charge in [0.2, 0.25) is 5.91 Å². The number of carbonyl (C=O) groups is 4. The second-order valence-electron chi connectivity index (χ2n) is 10.9. The van der Waals surface area contributed by atoms with Crippen molar-refractivity contribution in [3.8, 4) is 0 Å². The van der Waals surface area contributed by atoms with Gasteiger partial charge in [-0.15, -0.1) is 0 Å². The number of carboxylic acids is 2. The SMILES string of the molecule is CC(=O)Nc1ccccc1C(=O)OC1(C)CCCCC1(C)C.Nc1ccc(C(=O)O)cc1.O=C(O)C=Cc1ccccc1. The molecule has 3 aromatic rings. The Bertz CT molecular complexity index is 1420. The molecule has 1 amide bonds. The van der Waals surface area contributed by atoms with Crippen LogP contribution in [0.1, 0.15) is 79.7 Å². The van der Waals surface area contributed by atoms with E-state index in [1.165, 1.54) is 25.5 Å². The van der Waals surface area contributed by atoms with Gasteiger partial charge in [0.1, 0.15) is 5.60 Å². The number of hydrogen-bond acceptors (Lipinski definition) is 6. The lowest BCUT2D eigenvalue weighted by Crippen LogP contribution is -2.48. The molecule has 0 radical (unpaired) electrons. The molecule has 1 saturated carbocycles. The number of nitrogens with two attached hydrogens (primary N) is 1. The van der Waals surface area contributed by atoms with Gasteiger partial charge >= 0.3 is 17.9 Å². The maximum atomic E-state index is 12.6. The summed E-state index contributed by atoms with van der Waals surface area (Å²) in [5, 5.41) is 19.4. The van der Waals surface area contributed by atoms with E-state index in [0.29, 0.717) is 16.9 Å². The highest BCUT2D eigenvalue weighted by Crippen LogP contribution is 2.46. The van der Waals surface area contributed by atoms with Crippen molar-refractivity contribution in [1.82, 2.24) is 0 Å². The van der Waals surface area contributed by atoms with E-state index in [2.05, 4.69) is 19.2 Å². The summed E-state index contributed by atoms with van der Waals surface area (Å²) in [6.45, 7) is 7.75. The van der Waals surface area contributed by atoms with Crippen LogP contribution in [0.5, 0.6) is 0 Å². The monoisotopic (exact) mass is 588 g/mol. The van der Waals surface area contributed by atoms with Gasteiger partial charge in [-0.05, 0) is 74.2 Å². The molecule has 0 heterocycles. The smallest absolute Gasteiger partial charge is 0.340 e. The first-order valence-electron chi connectivity index (χ1n) is 13.9. The number of benzene rings is 3. The van der Waals surface area contributed by atoms with Crippen LogP contribution in [-0.4, -0.2) is 39.6 Å². The Morgan fingerprint density at radius 3 is 1.98 bits per heavy atom. The van der Waals surface area contributed by atoms with Crippen molar-refractivity contribution in [1.29, 1.82) is 0 Å². The Kier molecular flexibility index (Phi) is 12.7. The molecule has 1 fully saturated rings. The van der Waals surface area contributed by atoms with Gasteiger partial charge < -0.3 is 26.0 Å². The zero-order valence-corrected chi connectivity index (χ0v) is 25.0. The summed E-state index contributed by atoms with van der Waals surface area (Å²) >= 11 is 0. The zero-order valence-electron chi connectivity index (χ0n) is 25.0. The molecule has 0 spiro atoms. The van der Waals surface area contributed by atoms with Crippen LogP contribution < -0.4 is 11.1 Å². The average molecular weight is 589 g/mol. The van der Waals surface area contributed by atoms with Crippen molar-refractivity contribution < 1.29 is 34.1 Å². The van der Waals surface area contributed by atoms with Crippen LogP contribution in [0.3, 0.4) is 0 Å². The van der Waals surface area contributed by atoms with Crippen LogP contribution in [0.25, 0.3) is 6.08 Å². The summed E-state index contributed by atoms with van der Waals surface area (Å²) < 4.78 is 5.91. The van der Waals surface area contributed by atoms with E-state index in [0.717, 1.165) is 30.9 Å². The molecule has 9 heteroatoms. The second-order valence-corrected chi connectivity index (χ2v) is 10.9. The predicted molar refractivity (Wildman–Crippen MR) is 168 cm³/mol. The zero-order chi connectivity index (χ0) is 32.0. The summed E-state index contributed by atoms with van der Waals surface area (Å²) in [7, 11) is 0. The lowest BCUT2D eigenvalue weighted by molar-refractivity contribution is -0.131. The number of rotatable bonds is 6. The molecular weight excluding hydrogens is 548 g/mol. The van der Waals surface area contributed by atoms with E-state index in [9.17, 15) is 19.2 Å². The van der Waals surface area contributed by atoms with Crippen LogP contribution in [-0.2, 0) is 14.3 Å². The molecule has 9 nitrogen and oxygen atoms in total. The van der Waals surface area contributed by atoms with Crippen molar-refractivity contribution in [2.45, 2.75) is 59.0 Å². The topological polar surface area (TPSA) is 156 Å². The number of nitrogens with one attached hydrogen (secondary N) is 1. The van der Waals surface area contributed by atoms with Crippen molar-refractivity contribution in [2.24, 2.45) is 5.41 Å². The van der Waals surface area contributed by atoms with Crippen LogP contribution >= 0.6 is 0 Å². The van der Waals surface area contributed by atoms with Gasteiger partial charge in [-0.1, -0.05) is 62.7 Å². The molecule has 0 saturated heterocycles. The maximum absolute atomic E-state index is 12.6. The molecule has 0 aliphatic heterocycles. The highest BCUT2D eigenvalue weighted by molar-refractivity contribution is 6.00. The first-order chi connectivity index (χ1) is 20.2. The number of amides is 1. The minimum Gasteiger partial charge on any atom is -0.478 e. The van der Waals surface area contributed by atoms with Gasteiger partial charge in [-0.2, -0.15) is 0 Å². The standard InChI is InChI=1S/C18H25NO3.C9H8O2.C7H7NO2/c1-13(20)19-15-10-6-5-9-14(15)16(21)22-18(4)12-8-7-11-17(18,2)3;10-9(11)7-6-8-4-2-1-3-5-8;8-6-3-1-5(2-4-6)7(9)10/h5-6,9-10H,7-8,11-12H2,1-4H3,(H,19,20);1-7H,(H,10,11);1-4H,8H2,(H,9,10). The first-order valence-corrected chi connectivity index (χ1v) is 13.9. The molecule has 3 aromatic carbocycles. The fourth-order valence-electron chi connectivity index (χ4n) is 4.40. The van der Waals surface area contributed by atoms with Gasteiger partial charge in [0.05, 0.1) is 16.8 Å². The van der Waals surface area contributed by atoms with Crippen LogP contribution in [0, 0.1) is 5.41 Å². The number of esters is 1. The van der Waals surface area contributed by atoms with Crippen LogP contribution in [0.15, 0.2) is 84.9 Å². The third-order valence-corrected chi connectivity index (χ3v) is 7.29. The lowest BCUT2D eigenvalue weighted by atomic mass is 9.66. The van der Waals surface area contributed by atoms with Gasteiger partial charge in [0, 0.05) is 24.1 Å². The van der Waals surface area contributed by atoms with Crippen LogP contribution in [0.2, 0.25) is 0 Å². The molecule has 1 aliphatic rings. The van der Waals surface area contributed by atoms with Gasteiger partial charge in [-0.3, -0.25) is 4.79 Å². The van der Waals surface area contributed by atoms with E-state index >= 15 is 0 Å². The minimum absolute atomic E-state index is 0.0517. The van der Waals surface area contributed by atoms with E-state index in [1.807, 2.05) is 37.3 Å². The fourth-order valence-corrected chi connectivity index (χ4v) is 4.40. The lowest BCUT2D eigenvalue weighted by Gasteiger charge is -2.47. The van der Waals surface area contributed by atoms with Crippen molar-refractivity contribution >= 4 is 41.3 Å². The third-order valence-electron chi connectivity index (χ3n) is 7.29. The molecule has 0 bridgehead atoms. The number of carboxylic acid groups (broad SMARTS) is 2. The van der Waals surface area contributed by atoms with Crippen molar-refractivity contribution in [2.75, 3.05) is 11.1 Å². The first kappa shape index (κ1) is 34.3. The number of para-hydroxylation sites is 1.